The van der Waals surface area contributed by atoms with Crippen molar-refractivity contribution in [2.45, 2.75) is 26.2 Å². The second kappa shape index (κ2) is 9.88. The first-order valence-corrected chi connectivity index (χ1v) is 14.3. The van der Waals surface area contributed by atoms with E-state index < -0.39 is 18.1 Å². The Morgan fingerprint density at radius 2 is 1.00 bits per heavy atom. The normalized spacial score (nSPS) is 10.3. The van der Waals surface area contributed by atoms with Crippen molar-refractivity contribution in [2.24, 2.45) is 0 Å². The molecule has 2 aromatic rings. The van der Waals surface area contributed by atoms with E-state index in [4.69, 9.17) is 4.12 Å². The van der Waals surface area contributed by atoms with E-state index in [2.05, 4.69) is 86.9 Å². The molecule has 0 fully saturated rings. The SMILES string of the molecule is C[SiH](C)O[SiH](C)C.c1ccc([SiH2]c2ccccc2)cc1. The number of hydrogen-bond donors (Lipinski definition) is 0. The highest BCUT2D eigenvalue weighted by atomic mass is 28.4. The van der Waals surface area contributed by atoms with Crippen LogP contribution >= 0.6 is 0 Å². The molecule has 0 aliphatic heterocycles. The monoisotopic (exact) mass is 318 g/mol. The highest BCUT2D eigenvalue weighted by Crippen LogP contribution is 1.87. The molecule has 0 N–H and O–H groups in total. The van der Waals surface area contributed by atoms with Gasteiger partial charge in [0.25, 0.3) is 0 Å². The van der Waals surface area contributed by atoms with Crippen molar-refractivity contribution in [3.63, 3.8) is 0 Å². The van der Waals surface area contributed by atoms with Gasteiger partial charge in [0.05, 0.1) is 9.52 Å². The van der Waals surface area contributed by atoms with Gasteiger partial charge in [0.15, 0.2) is 18.1 Å². The minimum atomic E-state index is -0.667. The van der Waals surface area contributed by atoms with Gasteiger partial charge in [-0.25, -0.2) is 0 Å². The molecule has 1 nitrogen and oxygen atoms in total. The van der Waals surface area contributed by atoms with Crippen LogP contribution in [-0.4, -0.2) is 27.6 Å². The summed E-state index contributed by atoms with van der Waals surface area (Å²) in [5, 5.41) is 3.02. The average Bonchev–Trinajstić information content (AvgIpc) is 2.40. The molecule has 0 aliphatic carbocycles. The van der Waals surface area contributed by atoms with Crippen molar-refractivity contribution in [1.82, 2.24) is 0 Å². The number of hydrogen-bond acceptors (Lipinski definition) is 1. The highest BCUT2D eigenvalue weighted by Gasteiger charge is 1.97. The lowest BCUT2D eigenvalue weighted by atomic mass is 10.4. The zero-order valence-electron chi connectivity index (χ0n) is 13.0. The summed E-state index contributed by atoms with van der Waals surface area (Å²) in [5.41, 5.74) is 0. The smallest absolute Gasteiger partial charge is 0.156 e. The molecular formula is C16H26OSi3. The third-order valence-electron chi connectivity index (χ3n) is 2.64. The molecule has 0 saturated carbocycles. The summed E-state index contributed by atoms with van der Waals surface area (Å²) in [7, 11) is -1.57. The van der Waals surface area contributed by atoms with Gasteiger partial charge in [0, 0.05) is 0 Å². The van der Waals surface area contributed by atoms with Crippen molar-refractivity contribution < 1.29 is 4.12 Å². The van der Waals surface area contributed by atoms with Crippen LogP contribution in [0.1, 0.15) is 0 Å². The summed E-state index contributed by atoms with van der Waals surface area (Å²) in [6.45, 7) is 8.86. The van der Waals surface area contributed by atoms with E-state index in [9.17, 15) is 0 Å². The maximum Gasteiger partial charge on any atom is 0.156 e. The van der Waals surface area contributed by atoms with Crippen LogP contribution in [0.25, 0.3) is 0 Å². The summed E-state index contributed by atoms with van der Waals surface area (Å²) in [4.78, 5) is 0. The third kappa shape index (κ3) is 8.27. The van der Waals surface area contributed by atoms with E-state index >= 15 is 0 Å². The van der Waals surface area contributed by atoms with Gasteiger partial charge in [-0.1, -0.05) is 71.0 Å². The molecule has 0 aliphatic rings. The van der Waals surface area contributed by atoms with Crippen molar-refractivity contribution in [1.29, 1.82) is 0 Å². The average molecular weight is 319 g/mol. The Labute approximate surface area is 129 Å². The molecule has 0 spiro atoms. The Kier molecular flexibility index (Phi) is 8.45. The van der Waals surface area contributed by atoms with Crippen LogP contribution in [0, 0.1) is 0 Å². The van der Waals surface area contributed by atoms with Gasteiger partial charge in [-0.2, -0.15) is 0 Å². The van der Waals surface area contributed by atoms with Crippen molar-refractivity contribution in [2.75, 3.05) is 0 Å². The maximum absolute atomic E-state index is 5.53. The molecule has 2 rings (SSSR count). The molecule has 0 unspecified atom stereocenters. The molecule has 0 amide bonds. The zero-order valence-corrected chi connectivity index (χ0v) is 16.8. The highest BCUT2D eigenvalue weighted by molar-refractivity contribution is 6.67. The van der Waals surface area contributed by atoms with Gasteiger partial charge < -0.3 is 4.12 Å². The fourth-order valence-electron chi connectivity index (χ4n) is 1.97. The second-order valence-electron chi connectivity index (χ2n) is 5.38. The molecule has 0 atom stereocenters. The Morgan fingerprint density at radius 3 is 1.25 bits per heavy atom. The predicted molar refractivity (Wildman–Crippen MR) is 99.5 cm³/mol. The standard InChI is InChI=1S/C12H12Si.C4H14OSi2/c1-3-7-11(8-4-1)13-12-9-5-2-6-10-12;1-6(2)5-7(3)4/h1-10H,13H2;6-7H,1-4H3. The molecule has 0 bridgehead atoms. The Balaban J connectivity index is 0.000000246. The van der Waals surface area contributed by atoms with Crippen molar-refractivity contribution in [3.05, 3.63) is 60.7 Å². The third-order valence-corrected chi connectivity index (χ3v) is 8.75. The molecule has 0 aromatic heterocycles. The lowest BCUT2D eigenvalue weighted by Gasteiger charge is -2.07. The molecule has 0 heterocycles. The van der Waals surface area contributed by atoms with Crippen LogP contribution in [0.4, 0.5) is 0 Å². The fourth-order valence-corrected chi connectivity index (χ4v) is 7.81. The molecule has 0 saturated heterocycles. The van der Waals surface area contributed by atoms with Gasteiger partial charge in [0.1, 0.15) is 0 Å². The van der Waals surface area contributed by atoms with E-state index in [1.807, 2.05) is 0 Å². The molecule has 108 valence electrons. The predicted octanol–water partition coefficient (Wildman–Crippen LogP) is 1.78. The Morgan fingerprint density at radius 1 is 0.650 bits per heavy atom. The van der Waals surface area contributed by atoms with Crippen LogP contribution in [0.5, 0.6) is 0 Å². The number of benzene rings is 2. The summed E-state index contributed by atoms with van der Waals surface area (Å²) in [5.74, 6) is 0. The first-order chi connectivity index (χ1) is 9.58. The lowest BCUT2D eigenvalue weighted by molar-refractivity contribution is 0.608. The van der Waals surface area contributed by atoms with E-state index in [0.717, 1.165) is 0 Å². The first-order valence-electron chi connectivity index (χ1n) is 7.31. The second-order valence-corrected chi connectivity index (χ2v) is 12.7. The Bertz CT molecular complexity index is 414. The van der Waals surface area contributed by atoms with Gasteiger partial charge in [-0.05, 0) is 26.2 Å². The maximum atomic E-state index is 5.53. The van der Waals surface area contributed by atoms with Crippen molar-refractivity contribution >= 4 is 38.0 Å². The van der Waals surface area contributed by atoms with E-state index in [0.29, 0.717) is 0 Å². The molecular weight excluding hydrogens is 292 g/mol. The van der Waals surface area contributed by atoms with Crippen LogP contribution in [0.3, 0.4) is 0 Å². The molecule has 2 aromatic carbocycles. The van der Waals surface area contributed by atoms with Gasteiger partial charge >= 0.3 is 0 Å². The van der Waals surface area contributed by atoms with Gasteiger partial charge in [-0.15, -0.1) is 0 Å². The van der Waals surface area contributed by atoms with E-state index in [1.54, 1.807) is 0 Å². The van der Waals surface area contributed by atoms with Gasteiger partial charge in [0.2, 0.25) is 0 Å². The van der Waals surface area contributed by atoms with Crippen LogP contribution < -0.4 is 10.4 Å². The van der Waals surface area contributed by atoms with Crippen LogP contribution in [0.2, 0.25) is 26.2 Å². The van der Waals surface area contributed by atoms with E-state index in [-0.39, 0.29) is 9.52 Å². The quantitative estimate of drug-likeness (QED) is 0.781. The lowest BCUT2D eigenvalue weighted by Crippen LogP contribution is -2.26. The summed E-state index contributed by atoms with van der Waals surface area (Å²) in [6, 6.07) is 21.5. The fraction of sp³-hybridized carbons (Fsp3) is 0.250. The van der Waals surface area contributed by atoms with E-state index in [1.165, 1.54) is 10.4 Å². The van der Waals surface area contributed by atoms with Crippen LogP contribution in [0.15, 0.2) is 60.7 Å². The Hall–Kier alpha value is -0.949. The molecule has 20 heavy (non-hydrogen) atoms. The summed E-state index contributed by atoms with van der Waals surface area (Å²) in [6.07, 6.45) is 0. The first kappa shape index (κ1) is 17.1. The van der Waals surface area contributed by atoms with Gasteiger partial charge in [-0.3, -0.25) is 0 Å². The zero-order chi connectivity index (χ0) is 14.8. The topological polar surface area (TPSA) is 9.23 Å². The summed E-state index contributed by atoms with van der Waals surface area (Å²) >= 11 is 0. The number of rotatable bonds is 4. The largest absolute Gasteiger partial charge is 0.461 e. The van der Waals surface area contributed by atoms with Crippen LogP contribution in [-0.2, 0) is 4.12 Å². The minimum Gasteiger partial charge on any atom is -0.461 e. The van der Waals surface area contributed by atoms with Crippen molar-refractivity contribution in [3.8, 4) is 0 Å². The summed E-state index contributed by atoms with van der Waals surface area (Å²) < 4.78 is 5.53. The molecule has 4 heteroatoms. The minimum absolute atomic E-state index is 0.234. The molecule has 0 radical (unpaired) electrons.